The molecule has 2 nitrogen and oxygen atoms in total. The first-order valence-electron chi connectivity index (χ1n) is 4.95. The summed E-state index contributed by atoms with van der Waals surface area (Å²) in [6, 6.07) is 3.42. The van der Waals surface area contributed by atoms with Gasteiger partial charge in [0.15, 0.2) is 0 Å². The molecule has 0 aliphatic carbocycles. The van der Waals surface area contributed by atoms with Crippen LogP contribution in [0.3, 0.4) is 0 Å². The molecule has 0 heterocycles. The lowest BCUT2D eigenvalue weighted by atomic mass is 10.1. The zero-order valence-corrected chi connectivity index (χ0v) is 9.57. The number of thiol groups is 1. The molecule has 1 amide bonds. The van der Waals surface area contributed by atoms with E-state index in [1.807, 2.05) is 0 Å². The minimum Gasteiger partial charge on any atom is -0.356 e. The Morgan fingerprint density at radius 3 is 2.75 bits per heavy atom. The highest BCUT2D eigenvalue weighted by molar-refractivity contribution is 7.80. The maximum absolute atomic E-state index is 13.2. The summed E-state index contributed by atoms with van der Waals surface area (Å²) in [7, 11) is 0. The molecule has 16 heavy (non-hydrogen) atoms. The van der Waals surface area contributed by atoms with Crippen LogP contribution in [-0.4, -0.2) is 18.2 Å². The molecule has 5 heteroatoms. The average Bonchev–Trinajstić information content (AvgIpc) is 2.22. The summed E-state index contributed by atoms with van der Waals surface area (Å²) in [5, 5.41) is 2.63. The van der Waals surface area contributed by atoms with Crippen LogP contribution in [0.2, 0.25) is 0 Å². The summed E-state index contributed by atoms with van der Waals surface area (Å²) >= 11 is 3.92. The maximum atomic E-state index is 13.2. The second-order valence-electron chi connectivity index (χ2n) is 3.31. The Kier molecular flexibility index (Phi) is 5.25. The van der Waals surface area contributed by atoms with Crippen LogP contribution in [0.15, 0.2) is 18.2 Å². The van der Waals surface area contributed by atoms with Gasteiger partial charge in [-0.25, -0.2) is 8.78 Å². The Morgan fingerprint density at radius 2 is 2.12 bits per heavy atom. The number of halogens is 2. The number of hydrogen-bond donors (Lipinski definition) is 2. The minimum absolute atomic E-state index is 0.113. The molecule has 0 aliphatic heterocycles. The molecule has 1 rings (SSSR count). The van der Waals surface area contributed by atoms with Gasteiger partial charge in [-0.05, 0) is 23.8 Å². The molecule has 0 aliphatic rings. The first kappa shape index (κ1) is 13.0. The molecule has 0 saturated heterocycles. The van der Waals surface area contributed by atoms with E-state index in [1.54, 1.807) is 0 Å². The van der Waals surface area contributed by atoms with E-state index in [0.717, 1.165) is 6.07 Å². The normalized spacial score (nSPS) is 10.2. The van der Waals surface area contributed by atoms with Gasteiger partial charge in [0.05, 0.1) is 0 Å². The number of carbonyl (C=O) groups excluding carboxylic acids is 1. The summed E-state index contributed by atoms with van der Waals surface area (Å²) in [5.74, 6) is -0.808. The largest absolute Gasteiger partial charge is 0.356 e. The molecule has 0 spiro atoms. The molecular formula is C11H13F2NOS. The Bertz CT molecular complexity index is 371. The Morgan fingerprint density at radius 1 is 1.38 bits per heavy atom. The lowest BCUT2D eigenvalue weighted by Crippen LogP contribution is -2.25. The molecule has 0 aromatic heterocycles. The van der Waals surface area contributed by atoms with Crippen LogP contribution in [0.1, 0.15) is 12.0 Å². The van der Waals surface area contributed by atoms with Gasteiger partial charge >= 0.3 is 0 Å². The van der Waals surface area contributed by atoms with Gasteiger partial charge in [-0.3, -0.25) is 4.79 Å². The Balaban J connectivity index is 2.40. The van der Waals surface area contributed by atoms with Crippen LogP contribution in [-0.2, 0) is 11.2 Å². The van der Waals surface area contributed by atoms with E-state index < -0.39 is 11.6 Å². The summed E-state index contributed by atoms with van der Waals surface area (Å²) < 4.78 is 25.7. The molecule has 0 saturated carbocycles. The van der Waals surface area contributed by atoms with Crippen LogP contribution < -0.4 is 5.32 Å². The predicted octanol–water partition coefficient (Wildman–Crippen LogP) is 1.94. The highest BCUT2D eigenvalue weighted by Crippen LogP contribution is 2.09. The van der Waals surface area contributed by atoms with E-state index in [-0.39, 0.29) is 5.91 Å². The lowest BCUT2D eigenvalue weighted by Gasteiger charge is -2.05. The SMILES string of the molecule is O=C(CCS)NCCc1ccc(F)cc1F. The molecule has 0 atom stereocenters. The third-order valence-electron chi connectivity index (χ3n) is 2.07. The van der Waals surface area contributed by atoms with Crippen molar-refractivity contribution in [1.29, 1.82) is 0 Å². The topological polar surface area (TPSA) is 29.1 Å². The van der Waals surface area contributed by atoms with E-state index in [0.29, 0.717) is 30.7 Å². The fourth-order valence-corrected chi connectivity index (χ4v) is 1.45. The van der Waals surface area contributed by atoms with Crippen molar-refractivity contribution in [2.75, 3.05) is 12.3 Å². The van der Waals surface area contributed by atoms with Crippen molar-refractivity contribution < 1.29 is 13.6 Å². The van der Waals surface area contributed by atoms with Crippen molar-refractivity contribution in [3.05, 3.63) is 35.4 Å². The monoisotopic (exact) mass is 245 g/mol. The third kappa shape index (κ3) is 4.18. The van der Waals surface area contributed by atoms with Crippen molar-refractivity contribution in [2.24, 2.45) is 0 Å². The number of carbonyl (C=O) groups is 1. The molecule has 0 unspecified atom stereocenters. The van der Waals surface area contributed by atoms with E-state index in [2.05, 4.69) is 17.9 Å². The minimum atomic E-state index is -0.597. The second-order valence-corrected chi connectivity index (χ2v) is 3.76. The number of amides is 1. The highest BCUT2D eigenvalue weighted by atomic mass is 32.1. The van der Waals surface area contributed by atoms with Gasteiger partial charge < -0.3 is 5.32 Å². The lowest BCUT2D eigenvalue weighted by molar-refractivity contribution is -0.120. The van der Waals surface area contributed by atoms with Gasteiger partial charge in [0.2, 0.25) is 5.91 Å². The fraction of sp³-hybridized carbons (Fsp3) is 0.364. The Hall–Kier alpha value is -1.10. The summed E-state index contributed by atoms with van der Waals surface area (Å²) in [6.45, 7) is 0.342. The van der Waals surface area contributed by atoms with E-state index in [9.17, 15) is 13.6 Å². The van der Waals surface area contributed by atoms with Gasteiger partial charge in [0.1, 0.15) is 11.6 Å². The van der Waals surface area contributed by atoms with Crippen LogP contribution >= 0.6 is 12.6 Å². The van der Waals surface area contributed by atoms with Crippen LogP contribution in [0, 0.1) is 11.6 Å². The van der Waals surface area contributed by atoms with Gasteiger partial charge in [0, 0.05) is 19.0 Å². The van der Waals surface area contributed by atoms with E-state index >= 15 is 0 Å². The number of benzene rings is 1. The molecule has 0 radical (unpaired) electrons. The van der Waals surface area contributed by atoms with Crippen molar-refractivity contribution >= 4 is 18.5 Å². The van der Waals surface area contributed by atoms with E-state index in [1.165, 1.54) is 12.1 Å². The first-order chi connectivity index (χ1) is 7.63. The molecule has 1 aromatic rings. The molecular weight excluding hydrogens is 232 g/mol. The van der Waals surface area contributed by atoms with E-state index in [4.69, 9.17) is 0 Å². The molecule has 88 valence electrons. The van der Waals surface area contributed by atoms with Crippen LogP contribution in [0.4, 0.5) is 8.78 Å². The summed E-state index contributed by atoms with van der Waals surface area (Å²) in [4.78, 5) is 11.1. The molecule has 0 bridgehead atoms. The van der Waals surface area contributed by atoms with Crippen molar-refractivity contribution in [1.82, 2.24) is 5.32 Å². The zero-order chi connectivity index (χ0) is 12.0. The zero-order valence-electron chi connectivity index (χ0n) is 8.67. The smallest absolute Gasteiger partial charge is 0.220 e. The summed E-state index contributed by atoms with van der Waals surface area (Å²) in [5.41, 5.74) is 0.396. The third-order valence-corrected chi connectivity index (χ3v) is 2.29. The fourth-order valence-electron chi connectivity index (χ4n) is 1.25. The number of nitrogens with one attached hydrogen (secondary N) is 1. The maximum Gasteiger partial charge on any atom is 0.220 e. The van der Waals surface area contributed by atoms with Crippen molar-refractivity contribution in [2.45, 2.75) is 12.8 Å². The van der Waals surface area contributed by atoms with Crippen molar-refractivity contribution in [3.8, 4) is 0 Å². The quantitative estimate of drug-likeness (QED) is 0.763. The number of rotatable bonds is 5. The van der Waals surface area contributed by atoms with Crippen molar-refractivity contribution in [3.63, 3.8) is 0 Å². The predicted molar refractivity (Wildman–Crippen MR) is 61.5 cm³/mol. The van der Waals surface area contributed by atoms with Gasteiger partial charge in [-0.15, -0.1) is 0 Å². The average molecular weight is 245 g/mol. The van der Waals surface area contributed by atoms with Gasteiger partial charge in [-0.1, -0.05) is 6.07 Å². The molecule has 1 N–H and O–H groups in total. The first-order valence-corrected chi connectivity index (χ1v) is 5.58. The van der Waals surface area contributed by atoms with Crippen LogP contribution in [0.5, 0.6) is 0 Å². The number of hydrogen-bond acceptors (Lipinski definition) is 2. The van der Waals surface area contributed by atoms with Gasteiger partial charge in [0.25, 0.3) is 0 Å². The highest BCUT2D eigenvalue weighted by Gasteiger charge is 2.04. The van der Waals surface area contributed by atoms with Crippen LogP contribution in [0.25, 0.3) is 0 Å². The molecule has 0 fully saturated rings. The Labute approximate surface area is 98.5 Å². The molecule has 1 aromatic carbocycles. The van der Waals surface area contributed by atoms with Gasteiger partial charge in [-0.2, -0.15) is 12.6 Å². The second kappa shape index (κ2) is 6.48. The standard InChI is InChI=1S/C11H13F2NOS/c12-9-2-1-8(10(13)7-9)3-5-14-11(15)4-6-16/h1-2,7,16H,3-6H2,(H,14,15). The summed E-state index contributed by atoms with van der Waals surface area (Å²) in [6.07, 6.45) is 0.694.